The fourth-order valence-corrected chi connectivity index (χ4v) is 1.85. The summed E-state index contributed by atoms with van der Waals surface area (Å²) < 4.78 is 10.7. The molecule has 0 aromatic heterocycles. The molecule has 3 heteroatoms. The number of benzene rings is 2. The summed E-state index contributed by atoms with van der Waals surface area (Å²) in [5.41, 5.74) is 2.49. The summed E-state index contributed by atoms with van der Waals surface area (Å²) in [6, 6.07) is 15.1. The minimum Gasteiger partial charge on any atom is -0.496 e. The van der Waals surface area contributed by atoms with E-state index in [-0.39, 0.29) is 0 Å². The van der Waals surface area contributed by atoms with Crippen LogP contribution in [-0.4, -0.2) is 14.2 Å². The maximum Gasteiger partial charge on any atom is 0.130 e. The summed E-state index contributed by atoms with van der Waals surface area (Å²) in [5, 5.41) is 8.80. The van der Waals surface area contributed by atoms with E-state index < -0.39 is 0 Å². The van der Waals surface area contributed by atoms with Gasteiger partial charge in [-0.05, 0) is 29.8 Å². The first-order valence-electron chi connectivity index (χ1n) is 5.51. The average Bonchev–Trinajstić information content (AvgIpc) is 2.46. The van der Waals surface area contributed by atoms with E-state index in [1.807, 2.05) is 30.3 Å². The molecule has 0 bridgehead atoms. The first kappa shape index (κ1) is 12.0. The van der Waals surface area contributed by atoms with Gasteiger partial charge in [-0.25, -0.2) is 0 Å². The molecule has 0 amide bonds. The van der Waals surface area contributed by atoms with Crippen molar-refractivity contribution in [2.45, 2.75) is 0 Å². The second-order valence-electron chi connectivity index (χ2n) is 3.73. The van der Waals surface area contributed by atoms with E-state index in [4.69, 9.17) is 14.7 Å². The summed E-state index contributed by atoms with van der Waals surface area (Å²) in [6.07, 6.45) is 0. The molecule has 2 rings (SSSR count). The van der Waals surface area contributed by atoms with Crippen LogP contribution >= 0.6 is 0 Å². The Labute approximate surface area is 106 Å². The highest BCUT2D eigenvalue weighted by Gasteiger charge is 2.11. The van der Waals surface area contributed by atoms with Crippen molar-refractivity contribution in [3.05, 3.63) is 48.0 Å². The van der Waals surface area contributed by atoms with Crippen LogP contribution in [0.2, 0.25) is 0 Å². The van der Waals surface area contributed by atoms with Crippen molar-refractivity contribution in [3.8, 4) is 28.7 Å². The average molecular weight is 239 g/mol. The molecule has 2 aromatic carbocycles. The standard InChI is InChI=1S/C15H13NO2/c1-17-13-4-3-5-14(18-2)15(13)12-8-6-11(10-16)7-9-12/h3-9H,1-2H3. The summed E-state index contributed by atoms with van der Waals surface area (Å²) in [5.74, 6) is 1.50. The van der Waals surface area contributed by atoms with Gasteiger partial charge < -0.3 is 9.47 Å². The van der Waals surface area contributed by atoms with E-state index in [1.54, 1.807) is 26.4 Å². The van der Waals surface area contributed by atoms with Crippen LogP contribution in [0.5, 0.6) is 11.5 Å². The number of nitrogens with zero attached hydrogens (tertiary/aromatic N) is 1. The zero-order chi connectivity index (χ0) is 13.0. The molecule has 2 aromatic rings. The molecule has 0 aliphatic carbocycles. The van der Waals surface area contributed by atoms with E-state index in [1.165, 1.54) is 0 Å². The van der Waals surface area contributed by atoms with Crippen LogP contribution in [0.3, 0.4) is 0 Å². The Morgan fingerprint density at radius 3 is 1.89 bits per heavy atom. The van der Waals surface area contributed by atoms with E-state index in [0.717, 1.165) is 22.6 Å². The zero-order valence-corrected chi connectivity index (χ0v) is 10.3. The number of ether oxygens (including phenoxy) is 2. The van der Waals surface area contributed by atoms with Crippen LogP contribution in [0.1, 0.15) is 5.56 Å². The van der Waals surface area contributed by atoms with Crippen molar-refractivity contribution in [3.63, 3.8) is 0 Å². The van der Waals surface area contributed by atoms with Gasteiger partial charge in [-0.3, -0.25) is 0 Å². The van der Waals surface area contributed by atoms with Gasteiger partial charge >= 0.3 is 0 Å². The number of hydrogen-bond donors (Lipinski definition) is 0. The van der Waals surface area contributed by atoms with E-state index in [9.17, 15) is 0 Å². The zero-order valence-electron chi connectivity index (χ0n) is 10.3. The predicted molar refractivity (Wildman–Crippen MR) is 69.7 cm³/mol. The maximum atomic E-state index is 8.80. The molecule has 0 radical (unpaired) electrons. The third-order valence-electron chi connectivity index (χ3n) is 2.73. The van der Waals surface area contributed by atoms with Crippen molar-refractivity contribution in [2.75, 3.05) is 14.2 Å². The SMILES string of the molecule is COc1cccc(OC)c1-c1ccc(C#N)cc1. The fourth-order valence-electron chi connectivity index (χ4n) is 1.85. The van der Waals surface area contributed by atoms with E-state index >= 15 is 0 Å². The summed E-state index contributed by atoms with van der Waals surface area (Å²) >= 11 is 0. The summed E-state index contributed by atoms with van der Waals surface area (Å²) in [6.45, 7) is 0. The maximum absolute atomic E-state index is 8.80. The van der Waals surface area contributed by atoms with Gasteiger partial charge in [0, 0.05) is 0 Å². The Hall–Kier alpha value is -2.47. The molecule has 18 heavy (non-hydrogen) atoms. The van der Waals surface area contributed by atoms with Gasteiger partial charge in [-0.2, -0.15) is 5.26 Å². The first-order valence-corrected chi connectivity index (χ1v) is 5.51. The van der Waals surface area contributed by atoms with Gasteiger partial charge in [-0.15, -0.1) is 0 Å². The van der Waals surface area contributed by atoms with Crippen molar-refractivity contribution >= 4 is 0 Å². The Kier molecular flexibility index (Phi) is 3.49. The van der Waals surface area contributed by atoms with Gasteiger partial charge in [0.25, 0.3) is 0 Å². The first-order chi connectivity index (χ1) is 8.80. The highest BCUT2D eigenvalue weighted by molar-refractivity contribution is 5.77. The molecule has 0 spiro atoms. The number of nitriles is 1. The van der Waals surface area contributed by atoms with Crippen LogP contribution < -0.4 is 9.47 Å². The second kappa shape index (κ2) is 5.24. The Morgan fingerprint density at radius 2 is 1.44 bits per heavy atom. The molecule has 0 atom stereocenters. The molecule has 90 valence electrons. The Morgan fingerprint density at radius 1 is 0.889 bits per heavy atom. The summed E-state index contributed by atoms with van der Waals surface area (Å²) in [4.78, 5) is 0. The molecule has 0 fully saturated rings. The lowest BCUT2D eigenvalue weighted by Gasteiger charge is -2.13. The highest BCUT2D eigenvalue weighted by atomic mass is 16.5. The normalized spacial score (nSPS) is 9.61. The molecule has 0 aliphatic heterocycles. The van der Waals surface area contributed by atoms with Crippen molar-refractivity contribution in [1.29, 1.82) is 5.26 Å². The predicted octanol–water partition coefficient (Wildman–Crippen LogP) is 3.24. The highest BCUT2D eigenvalue weighted by Crippen LogP contribution is 2.38. The molecular formula is C15H13NO2. The molecule has 0 saturated carbocycles. The molecule has 0 heterocycles. The van der Waals surface area contributed by atoms with Crippen LogP contribution in [0.15, 0.2) is 42.5 Å². The lowest BCUT2D eigenvalue weighted by Crippen LogP contribution is -1.92. The van der Waals surface area contributed by atoms with Crippen molar-refractivity contribution in [1.82, 2.24) is 0 Å². The minimum atomic E-state index is 0.632. The quantitative estimate of drug-likeness (QED) is 0.825. The smallest absolute Gasteiger partial charge is 0.130 e. The van der Waals surface area contributed by atoms with Crippen LogP contribution in [0.25, 0.3) is 11.1 Å². The third kappa shape index (κ3) is 2.14. The third-order valence-corrected chi connectivity index (χ3v) is 2.73. The molecule has 0 N–H and O–H groups in total. The van der Waals surface area contributed by atoms with Crippen molar-refractivity contribution < 1.29 is 9.47 Å². The van der Waals surface area contributed by atoms with Gasteiger partial charge in [-0.1, -0.05) is 18.2 Å². The number of rotatable bonds is 3. The second-order valence-corrected chi connectivity index (χ2v) is 3.73. The largest absolute Gasteiger partial charge is 0.496 e. The Balaban J connectivity index is 2.58. The number of hydrogen-bond acceptors (Lipinski definition) is 3. The van der Waals surface area contributed by atoms with Crippen LogP contribution in [0.4, 0.5) is 0 Å². The molecule has 0 unspecified atom stereocenters. The minimum absolute atomic E-state index is 0.632. The van der Waals surface area contributed by atoms with Gasteiger partial charge in [0.05, 0.1) is 31.4 Å². The fraction of sp³-hybridized carbons (Fsp3) is 0.133. The van der Waals surface area contributed by atoms with Crippen LogP contribution in [-0.2, 0) is 0 Å². The molecule has 0 aliphatic rings. The Bertz CT molecular complexity index is 560. The van der Waals surface area contributed by atoms with Crippen LogP contribution in [0, 0.1) is 11.3 Å². The lowest BCUT2D eigenvalue weighted by atomic mass is 10.0. The molecule has 3 nitrogen and oxygen atoms in total. The van der Waals surface area contributed by atoms with E-state index in [2.05, 4.69) is 6.07 Å². The topological polar surface area (TPSA) is 42.2 Å². The van der Waals surface area contributed by atoms with E-state index in [0.29, 0.717) is 5.56 Å². The molecule has 0 saturated heterocycles. The van der Waals surface area contributed by atoms with Crippen molar-refractivity contribution in [2.24, 2.45) is 0 Å². The van der Waals surface area contributed by atoms with Gasteiger partial charge in [0.15, 0.2) is 0 Å². The summed E-state index contributed by atoms with van der Waals surface area (Å²) in [7, 11) is 3.25. The molecular weight excluding hydrogens is 226 g/mol. The lowest BCUT2D eigenvalue weighted by molar-refractivity contribution is 0.397. The van der Waals surface area contributed by atoms with Gasteiger partial charge in [0.2, 0.25) is 0 Å². The van der Waals surface area contributed by atoms with Gasteiger partial charge in [0.1, 0.15) is 11.5 Å². The monoisotopic (exact) mass is 239 g/mol. The number of methoxy groups -OCH3 is 2.